The van der Waals surface area contributed by atoms with Crippen LogP contribution in [0.2, 0.25) is 0 Å². The molecule has 2 aromatic rings. The van der Waals surface area contributed by atoms with Crippen LogP contribution >= 0.6 is 11.6 Å². The van der Waals surface area contributed by atoms with Crippen molar-refractivity contribution in [3.05, 3.63) is 41.6 Å². The number of ether oxygens (including phenoxy) is 1. The fourth-order valence-corrected chi connectivity index (χ4v) is 4.07. The van der Waals surface area contributed by atoms with Gasteiger partial charge in [0, 0.05) is 52.0 Å². The number of methoxy groups -OCH3 is 1. The van der Waals surface area contributed by atoms with Gasteiger partial charge in [0.2, 0.25) is 5.91 Å². The number of para-hydroxylation sites is 1. The monoisotopic (exact) mass is 447 g/mol. The Morgan fingerprint density at radius 3 is 2.52 bits per heavy atom. The Kier molecular flexibility index (Phi) is 8.35. The molecule has 1 aromatic carbocycles. The van der Waals surface area contributed by atoms with Gasteiger partial charge in [-0.2, -0.15) is 5.10 Å². The van der Waals surface area contributed by atoms with Crippen molar-refractivity contribution in [2.24, 2.45) is 0 Å². The van der Waals surface area contributed by atoms with Gasteiger partial charge in [-0.15, -0.1) is 11.6 Å². The fraction of sp³-hybridized carbons (Fsp3) is 0.565. The Morgan fingerprint density at radius 2 is 1.90 bits per heavy atom. The van der Waals surface area contributed by atoms with Gasteiger partial charge in [-0.05, 0) is 39.4 Å². The van der Waals surface area contributed by atoms with Crippen molar-refractivity contribution in [1.82, 2.24) is 19.6 Å². The normalized spacial score (nSPS) is 15.8. The molecule has 1 aromatic heterocycles. The Balaban J connectivity index is 1.99. The van der Waals surface area contributed by atoms with Crippen LogP contribution in [0.1, 0.15) is 24.6 Å². The number of piperazine rings is 1. The Morgan fingerprint density at radius 1 is 1.23 bits per heavy atom. The number of amides is 1. The molecule has 0 saturated carbocycles. The second kappa shape index (κ2) is 11.0. The van der Waals surface area contributed by atoms with Crippen LogP contribution in [0.5, 0.6) is 0 Å². The van der Waals surface area contributed by atoms with Gasteiger partial charge >= 0.3 is 0 Å². The van der Waals surface area contributed by atoms with E-state index in [-0.39, 0.29) is 5.91 Å². The highest BCUT2D eigenvalue weighted by Crippen LogP contribution is 2.30. The van der Waals surface area contributed by atoms with Gasteiger partial charge in [0.15, 0.2) is 0 Å². The Labute approximate surface area is 190 Å². The first-order valence-electron chi connectivity index (χ1n) is 10.9. The summed E-state index contributed by atoms with van der Waals surface area (Å²) in [5.74, 6) is 1.01. The lowest BCUT2D eigenvalue weighted by atomic mass is 10.1. The van der Waals surface area contributed by atoms with Gasteiger partial charge in [-0.1, -0.05) is 18.2 Å². The molecule has 0 radical (unpaired) electrons. The Bertz CT molecular complexity index is 847. The number of hydrogen-bond donors (Lipinski definition) is 0. The number of nitrogens with zero attached hydrogens (tertiary/aromatic N) is 5. The molecule has 8 heteroatoms. The highest BCUT2D eigenvalue weighted by molar-refractivity contribution is 6.30. The molecule has 0 aliphatic carbocycles. The molecule has 31 heavy (non-hydrogen) atoms. The lowest BCUT2D eigenvalue weighted by molar-refractivity contribution is -0.131. The first kappa shape index (κ1) is 23.6. The first-order valence-corrected chi connectivity index (χ1v) is 11.3. The fourth-order valence-electron chi connectivity index (χ4n) is 3.93. The van der Waals surface area contributed by atoms with Crippen molar-refractivity contribution in [3.63, 3.8) is 0 Å². The van der Waals surface area contributed by atoms with E-state index < -0.39 is 5.38 Å². The van der Waals surface area contributed by atoms with E-state index in [0.29, 0.717) is 19.7 Å². The molecule has 1 atom stereocenters. The highest BCUT2D eigenvalue weighted by Gasteiger charge is 2.28. The predicted octanol–water partition coefficient (Wildman–Crippen LogP) is 2.92. The summed E-state index contributed by atoms with van der Waals surface area (Å²) >= 11 is 6.19. The number of halogens is 1. The average molecular weight is 448 g/mol. The number of benzene rings is 1. The molecule has 0 spiro atoms. The number of likely N-dealkylation sites (N-methyl/N-ethyl adjacent to an activating group) is 1. The minimum atomic E-state index is -0.570. The van der Waals surface area contributed by atoms with Crippen LogP contribution in [-0.4, -0.2) is 84.4 Å². The Hall–Kier alpha value is -2.09. The summed E-state index contributed by atoms with van der Waals surface area (Å²) in [5.41, 5.74) is 3.04. The van der Waals surface area contributed by atoms with Gasteiger partial charge < -0.3 is 19.4 Å². The molecule has 0 unspecified atom stereocenters. The van der Waals surface area contributed by atoms with Crippen molar-refractivity contribution >= 4 is 23.3 Å². The molecule has 2 heterocycles. The van der Waals surface area contributed by atoms with E-state index in [4.69, 9.17) is 21.4 Å². The minimum absolute atomic E-state index is 0.0611. The number of carbonyl (C=O) groups excluding carboxylic acids is 1. The van der Waals surface area contributed by atoms with Crippen LogP contribution < -0.4 is 4.90 Å². The van der Waals surface area contributed by atoms with Gasteiger partial charge in [-0.25, -0.2) is 4.68 Å². The van der Waals surface area contributed by atoms with Crippen molar-refractivity contribution < 1.29 is 9.53 Å². The number of anilines is 1. The number of carbonyl (C=O) groups is 1. The maximum Gasteiger partial charge on any atom is 0.240 e. The zero-order valence-corrected chi connectivity index (χ0v) is 19.8. The summed E-state index contributed by atoms with van der Waals surface area (Å²) in [4.78, 5) is 19.4. The smallest absolute Gasteiger partial charge is 0.240 e. The average Bonchev–Trinajstić information content (AvgIpc) is 3.09. The summed E-state index contributed by atoms with van der Waals surface area (Å²) in [6, 6.07) is 10.2. The predicted molar refractivity (Wildman–Crippen MR) is 125 cm³/mol. The standard InChI is InChI=1S/C23H34ClN5O2/c1-18(24)23(30)28(11-8-16-31-4)17-21-19(2)25-29(20-9-6-5-7-10-20)22(21)27-14-12-26(3)13-15-27/h5-7,9-10,18H,8,11-17H2,1-4H3/t18-/m1/s1. The van der Waals surface area contributed by atoms with E-state index in [9.17, 15) is 4.79 Å². The molecule has 1 amide bonds. The third-order valence-electron chi connectivity index (χ3n) is 5.74. The van der Waals surface area contributed by atoms with Gasteiger partial charge in [0.05, 0.1) is 17.9 Å². The maximum absolute atomic E-state index is 12.9. The quantitative estimate of drug-likeness (QED) is 0.437. The molecule has 7 nitrogen and oxygen atoms in total. The molecular weight excluding hydrogens is 414 g/mol. The first-order chi connectivity index (χ1) is 14.9. The van der Waals surface area contributed by atoms with Gasteiger partial charge in [-0.3, -0.25) is 4.79 Å². The summed E-state index contributed by atoms with van der Waals surface area (Å²) in [5, 5.41) is 4.32. The maximum atomic E-state index is 12.9. The van der Waals surface area contributed by atoms with Crippen LogP contribution in [0.3, 0.4) is 0 Å². The van der Waals surface area contributed by atoms with E-state index in [2.05, 4.69) is 29.0 Å². The van der Waals surface area contributed by atoms with Crippen molar-refractivity contribution in [2.45, 2.75) is 32.2 Å². The molecular formula is C23H34ClN5O2. The summed E-state index contributed by atoms with van der Waals surface area (Å²) in [6.45, 7) is 9.28. The molecule has 1 fully saturated rings. The van der Waals surface area contributed by atoms with Crippen LogP contribution in [-0.2, 0) is 16.1 Å². The summed E-state index contributed by atoms with van der Waals surface area (Å²) in [6.07, 6.45) is 0.765. The third-order valence-corrected chi connectivity index (χ3v) is 5.92. The zero-order valence-electron chi connectivity index (χ0n) is 19.1. The lowest BCUT2D eigenvalue weighted by Crippen LogP contribution is -2.46. The van der Waals surface area contributed by atoms with Crippen molar-refractivity contribution in [2.75, 3.05) is 58.4 Å². The second-order valence-electron chi connectivity index (χ2n) is 8.15. The number of alkyl halides is 1. The van der Waals surface area contributed by atoms with E-state index in [0.717, 1.165) is 55.4 Å². The van der Waals surface area contributed by atoms with Crippen LogP contribution in [0.4, 0.5) is 5.82 Å². The highest BCUT2D eigenvalue weighted by atomic mass is 35.5. The minimum Gasteiger partial charge on any atom is -0.385 e. The van der Waals surface area contributed by atoms with Crippen LogP contribution in [0.15, 0.2) is 30.3 Å². The topological polar surface area (TPSA) is 53.8 Å². The van der Waals surface area contributed by atoms with Gasteiger partial charge in [0.25, 0.3) is 0 Å². The van der Waals surface area contributed by atoms with E-state index in [1.165, 1.54) is 0 Å². The molecule has 170 valence electrons. The largest absolute Gasteiger partial charge is 0.385 e. The molecule has 1 saturated heterocycles. The number of aromatic nitrogens is 2. The molecule has 3 rings (SSSR count). The zero-order chi connectivity index (χ0) is 22.4. The lowest BCUT2D eigenvalue weighted by Gasteiger charge is -2.35. The van der Waals surface area contributed by atoms with Gasteiger partial charge in [0.1, 0.15) is 11.2 Å². The number of hydrogen-bond acceptors (Lipinski definition) is 5. The second-order valence-corrected chi connectivity index (χ2v) is 8.80. The summed E-state index contributed by atoms with van der Waals surface area (Å²) in [7, 11) is 3.83. The van der Waals surface area contributed by atoms with E-state index in [1.54, 1.807) is 14.0 Å². The van der Waals surface area contributed by atoms with E-state index >= 15 is 0 Å². The SMILES string of the molecule is COCCCN(Cc1c(C)nn(-c2ccccc2)c1N1CCN(C)CC1)C(=O)[C@@H](C)Cl. The van der Waals surface area contributed by atoms with Crippen molar-refractivity contribution in [1.29, 1.82) is 0 Å². The molecule has 0 N–H and O–H groups in total. The molecule has 1 aliphatic rings. The third kappa shape index (κ3) is 5.79. The van der Waals surface area contributed by atoms with E-state index in [1.807, 2.05) is 34.7 Å². The number of aryl methyl sites for hydroxylation is 1. The number of rotatable bonds is 9. The molecule has 0 bridgehead atoms. The van der Waals surface area contributed by atoms with Crippen molar-refractivity contribution in [3.8, 4) is 5.69 Å². The van der Waals surface area contributed by atoms with Crippen LogP contribution in [0.25, 0.3) is 5.69 Å². The summed E-state index contributed by atoms with van der Waals surface area (Å²) < 4.78 is 7.22. The van der Waals surface area contributed by atoms with Crippen LogP contribution in [0, 0.1) is 6.92 Å². The molecule has 1 aliphatic heterocycles.